The number of pyridine rings is 1. The number of rotatable bonds is 8. The number of nitrogens with one attached hydrogen (secondary N) is 2. The summed E-state index contributed by atoms with van der Waals surface area (Å²) in [4.78, 5) is 16.8. The molecule has 4 heterocycles. The Kier molecular flexibility index (Phi) is 7.87. The van der Waals surface area contributed by atoms with E-state index < -0.39 is 24.2 Å². The number of likely N-dealkylation sites (tertiary alicyclic amines) is 1. The second-order valence-electron chi connectivity index (χ2n) is 11.3. The molecule has 1 unspecified atom stereocenters. The van der Waals surface area contributed by atoms with Crippen molar-refractivity contribution in [3.63, 3.8) is 0 Å². The fourth-order valence-electron chi connectivity index (χ4n) is 5.51. The maximum Gasteiger partial charge on any atom is 0.269 e. The second-order valence-corrected chi connectivity index (χ2v) is 11.3. The van der Waals surface area contributed by atoms with E-state index in [0.717, 1.165) is 31.6 Å². The zero-order chi connectivity index (χ0) is 30.1. The van der Waals surface area contributed by atoms with Gasteiger partial charge >= 0.3 is 0 Å². The lowest BCUT2D eigenvalue weighted by atomic mass is 10.0. The highest BCUT2D eigenvalue weighted by molar-refractivity contribution is 5.95. The summed E-state index contributed by atoms with van der Waals surface area (Å²) in [5.41, 5.74) is 1.69. The van der Waals surface area contributed by atoms with Crippen LogP contribution >= 0.6 is 0 Å². The van der Waals surface area contributed by atoms with Gasteiger partial charge in [-0.15, -0.1) is 0 Å². The summed E-state index contributed by atoms with van der Waals surface area (Å²) < 4.78 is 54.9. The number of hydrogen-bond acceptors (Lipinski definition) is 9. The zero-order valence-electron chi connectivity index (χ0n) is 24.3. The highest BCUT2D eigenvalue weighted by Crippen LogP contribution is 2.37. The van der Waals surface area contributed by atoms with Crippen LogP contribution in [0.2, 0.25) is 0 Å². The summed E-state index contributed by atoms with van der Waals surface area (Å²) in [6.07, 6.45) is 4.94. The number of methoxy groups -OCH3 is 1. The van der Waals surface area contributed by atoms with E-state index in [2.05, 4.69) is 37.5 Å². The zero-order valence-corrected chi connectivity index (χ0v) is 24.3. The molecule has 0 bridgehead atoms. The third-order valence-electron chi connectivity index (χ3n) is 8.12. The molecule has 0 aliphatic carbocycles. The van der Waals surface area contributed by atoms with Gasteiger partial charge in [-0.3, -0.25) is 0 Å². The van der Waals surface area contributed by atoms with Gasteiger partial charge in [-0.2, -0.15) is 0 Å². The Hall–Kier alpha value is -4.32. The van der Waals surface area contributed by atoms with Crippen LogP contribution in [0.3, 0.4) is 0 Å². The molecule has 2 saturated heterocycles. The molecule has 4 aromatic rings. The van der Waals surface area contributed by atoms with Gasteiger partial charge in [-0.05, 0) is 57.2 Å². The smallest absolute Gasteiger partial charge is 0.269 e. The van der Waals surface area contributed by atoms with Crippen molar-refractivity contribution in [2.24, 2.45) is 5.92 Å². The van der Waals surface area contributed by atoms with Crippen molar-refractivity contribution in [3.05, 3.63) is 60.8 Å². The van der Waals surface area contributed by atoms with E-state index in [1.54, 1.807) is 31.4 Å². The number of piperidine rings is 1. The molecule has 0 saturated carbocycles. The van der Waals surface area contributed by atoms with Gasteiger partial charge in [0.25, 0.3) is 5.92 Å². The van der Waals surface area contributed by atoms with Crippen molar-refractivity contribution in [1.82, 2.24) is 19.9 Å². The van der Waals surface area contributed by atoms with Crippen LogP contribution in [0, 0.1) is 11.7 Å². The normalized spacial score (nSPS) is 19.0. The fourth-order valence-corrected chi connectivity index (χ4v) is 5.51. The third-order valence-corrected chi connectivity index (χ3v) is 8.12. The van der Waals surface area contributed by atoms with Crippen molar-refractivity contribution < 1.29 is 22.6 Å². The van der Waals surface area contributed by atoms with Crippen LogP contribution in [0.4, 0.5) is 36.2 Å². The number of halogens is 3. The van der Waals surface area contributed by atoms with Crippen LogP contribution in [-0.4, -0.2) is 72.2 Å². The van der Waals surface area contributed by atoms with E-state index in [0.29, 0.717) is 40.1 Å². The Balaban J connectivity index is 1.20. The van der Waals surface area contributed by atoms with E-state index in [4.69, 9.17) is 9.47 Å². The van der Waals surface area contributed by atoms with E-state index in [-0.39, 0.29) is 18.0 Å². The van der Waals surface area contributed by atoms with E-state index in [1.807, 2.05) is 12.1 Å². The molecule has 9 nitrogen and oxygen atoms in total. The Morgan fingerprint density at radius 3 is 2.49 bits per heavy atom. The molecule has 1 atom stereocenters. The minimum Gasteiger partial charge on any atom is -0.495 e. The first kappa shape index (κ1) is 28.8. The topological polar surface area (TPSA) is 87.7 Å². The molecular weight excluding hydrogens is 559 g/mol. The third kappa shape index (κ3) is 6.24. The number of aromatic nitrogens is 3. The van der Waals surface area contributed by atoms with Gasteiger partial charge in [-0.25, -0.2) is 28.1 Å². The summed E-state index contributed by atoms with van der Waals surface area (Å²) in [6, 6.07) is 11.7. The second kappa shape index (κ2) is 11.8. The Morgan fingerprint density at radius 2 is 1.77 bits per heavy atom. The number of ether oxygens (including phenoxy) is 2. The SMILES string of the molecule is COc1cc2ncnc(Nc3ccc(Oc4ccnc(N5CC(C)C(F)(F)C5)c4)cc3F)c2cc1NC1CCN(C)CC1. The number of fused-ring (bicyclic) bond motifs is 1. The molecule has 12 heteroatoms. The molecule has 2 N–H and O–H groups in total. The average Bonchev–Trinajstić information content (AvgIpc) is 3.27. The first-order valence-electron chi connectivity index (χ1n) is 14.3. The Labute approximate surface area is 248 Å². The van der Waals surface area contributed by atoms with E-state index in [9.17, 15) is 8.78 Å². The standard InChI is InChI=1S/C31H34F3N7O2/c1-19-16-41(17-31(19,33)34)29-13-22(6-9-35-29)43-21-4-5-25(24(32)12-21)39-30-23-14-27(38-20-7-10-40(2)11-8-20)28(42-3)15-26(23)36-18-37-30/h4-6,9,12-15,18-20,38H,7-8,10-11,16-17H2,1-3H3,(H,36,37,39). The summed E-state index contributed by atoms with van der Waals surface area (Å²) in [7, 11) is 3.74. The molecule has 2 aromatic carbocycles. The molecule has 0 amide bonds. The number of hydrogen-bond donors (Lipinski definition) is 2. The summed E-state index contributed by atoms with van der Waals surface area (Å²) in [5.74, 6) is -1.98. The molecule has 0 radical (unpaired) electrons. The average molecular weight is 594 g/mol. The Bertz CT molecular complexity index is 1610. The predicted octanol–water partition coefficient (Wildman–Crippen LogP) is 6.31. The van der Waals surface area contributed by atoms with Crippen LogP contribution in [0.25, 0.3) is 10.9 Å². The van der Waals surface area contributed by atoms with Crippen molar-refractivity contribution in [2.45, 2.75) is 31.7 Å². The lowest BCUT2D eigenvalue weighted by molar-refractivity contribution is -0.0138. The van der Waals surface area contributed by atoms with Gasteiger partial charge in [0.2, 0.25) is 0 Å². The monoisotopic (exact) mass is 593 g/mol. The van der Waals surface area contributed by atoms with Crippen LogP contribution < -0.4 is 25.0 Å². The maximum atomic E-state index is 15.3. The molecular formula is C31H34F3N7O2. The fraction of sp³-hybridized carbons (Fsp3) is 0.387. The predicted molar refractivity (Wildman–Crippen MR) is 161 cm³/mol. The van der Waals surface area contributed by atoms with Gasteiger partial charge in [0.15, 0.2) is 0 Å². The number of nitrogens with zero attached hydrogens (tertiary/aromatic N) is 5. The lowest BCUT2D eigenvalue weighted by Crippen LogP contribution is -2.36. The molecule has 226 valence electrons. The van der Waals surface area contributed by atoms with Crippen LogP contribution in [0.15, 0.2) is 55.0 Å². The summed E-state index contributed by atoms with van der Waals surface area (Å²) in [5, 5.41) is 7.41. The van der Waals surface area contributed by atoms with Gasteiger partial charge < -0.3 is 29.9 Å². The summed E-state index contributed by atoms with van der Waals surface area (Å²) in [6.45, 7) is 3.34. The first-order valence-corrected chi connectivity index (χ1v) is 14.3. The van der Waals surface area contributed by atoms with E-state index in [1.165, 1.54) is 30.4 Å². The Morgan fingerprint density at radius 1 is 0.977 bits per heavy atom. The number of anilines is 4. The van der Waals surface area contributed by atoms with Gasteiger partial charge in [0, 0.05) is 48.3 Å². The van der Waals surface area contributed by atoms with Gasteiger partial charge in [0.1, 0.15) is 41.0 Å². The van der Waals surface area contributed by atoms with Crippen molar-refractivity contribution >= 4 is 33.9 Å². The summed E-state index contributed by atoms with van der Waals surface area (Å²) >= 11 is 0. The first-order chi connectivity index (χ1) is 20.7. The molecule has 2 aliphatic heterocycles. The maximum absolute atomic E-state index is 15.3. The van der Waals surface area contributed by atoms with Crippen molar-refractivity contribution in [3.8, 4) is 17.2 Å². The minimum atomic E-state index is -2.78. The largest absolute Gasteiger partial charge is 0.495 e. The molecule has 0 spiro atoms. The molecule has 2 fully saturated rings. The van der Waals surface area contributed by atoms with Crippen LogP contribution in [0.5, 0.6) is 17.2 Å². The molecule has 6 rings (SSSR count). The molecule has 2 aromatic heterocycles. The minimum absolute atomic E-state index is 0.193. The van der Waals surface area contributed by atoms with E-state index >= 15 is 4.39 Å². The van der Waals surface area contributed by atoms with Crippen molar-refractivity contribution in [2.75, 3.05) is 55.9 Å². The van der Waals surface area contributed by atoms with Gasteiger partial charge in [-0.1, -0.05) is 6.92 Å². The highest BCUT2D eigenvalue weighted by atomic mass is 19.3. The number of benzene rings is 2. The quantitative estimate of drug-likeness (QED) is 0.244. The molecule has 2 aliphatic rings. The van der Waals surface area contributed by atoms with Crippen LogP contribution in [0.1, 0.15) is 19.8 Å². The van der Waals surface area contributed by atoms with Crippen LogP contribution in [-0.2, 0) is 0 Å². The molecule has 43 heavy (non-hydrogen) atoms. The number of alkyl halides is 2. The van der Waals surface area contributed by atoms with Crippen molar-refractivity contribution in [1.29, 1.82) is 0 Å². The van der Waals surface area contributed by atoms with Gasteiger partial charge in [0.05, 0.1) is 30.5 Å². The lowest BCUT2D eigenvalue weighted by Gasteiger charge is -2.30. The highest BCUT2D eigenvalue weighted by Gasteiger charge is 2.45.